The highest BCUT2D eigenvalue weighted by molar-refractivity contribution is 6.16. The molecule has 9 rings (SSSR count). The van der Waals surface area contributed by atoms with Gasteiger partial charge < -0.3 is 4.42 Å². The van der Waals surface area contributed by atoms with Crippen LogP contribution in [0.25, 0.3) is 95.2 Å². The first-order chi connectivity index (χ1) is 25.7. The summed E-state index contributed by atoms with van der Waals surface area (Å²) in [5, 5.41) is 4.37. The van der Waals surface area contributed by atoms with Crippen LogP contribution in [0.4, 0.5) is 0 Å². The third-order valence-corrected chi connectivity index (χ3v) is 9.50. The zero-order valence-electron chi connectivity index (χ0n) is 28.6. The standard InChI is InChI=1S/C48H33N3O/c1-2-3-6-16-32-17-11-12-22-36(32)35-27-28-42-44(31-35)52-43-26-15-25-40(45(42)43)39-29-30-41(38-24-14-13-23-37(38)39)48-50-46(33-18-7-4-8-19-33)49-47(51-48)34-20-9-5-10-21-34/h2-31H,1H3/b3-2-,16-6-. The molecule has 0 aliphatic heterocycles. The van der Waals surface area contributed by atoms with Crippen LogP contribution >= 0.6 is 0 Å². The Morgan fingerprint density at radius 2 is 1.04 bits per heavy atom. The van der Waals surface area contributed by atoms with Crippen molar-refractivity contribution in [2.24, 2.45) is 0 Å². The molecular weight excluding hydrogens is 635 g/mol. The monoisotopic (exact) mass is 667 g/mol. The van der Waals surface area contributed by atoms with Crippen LogP contribution in [0, 0.1) is 0 Å². The Morgan fingerprint density at radius 1 is 0.423 bits per heavy atom. The van der Waals surface area contributed by atoms with E-state index in [1.54, 1.807) is 0 Å². The first-order valence-corrected chi connectivity index (χ1v) is 17.5. The van der Waals surface area contributed by atoms with Crippen molar-refractivity contribution in [3.63, 3.8) is 0 Å². The Kier molecular flexibility index (Phi) is 8.03. The van der Waals surface area contributed by atoms with Crippen LogP contribution in [0.3, 0.4) is 0 Å². The van der Waals surface area contributed by atoms with Gasteiger partial charge >= 0.3 is 0 Å². The number of furan rings is 1. The lowest BCUT2D eigenvalue weighted by atomic mass is 9.92. The maximum atomic E-state index is 6.57. The lowest BCUT2D eigenvalue weighted by molar-refractivity contribution is 0.669. The number of hydrogen-bond acceptors (Lipinski definition) is 4. The van der Waals surface area contributed by atoms with E-state index >= 15 is 0 Å². The van der Waals surface area contributed by atoms with Crippen molar-refractivity contribution in [2.45, 2.75) is 6.92 Å². The molecule has 4 nitrogen and oxygen atoms in total. The van der Waals surface area contributed by atoms with Crippen LogP contribution in [-0.2, 0) is 0 Å². The van der Waals surface area contributed by atoms with Crippen LogP contribution in [0.15, 0.2) is 180 Å². The number of benzene rings is 7. The van der Waals surface area contributed by atoms with Crippen LogP contribution < -0.4 is 0 Å². The van der Waals surface area contributed by atoms with Gasteiger partial charge in [0.25, 0.3) is 0 Å². The summed E-state index contributed by atoms with van der Waals surface area (Å²) in [4.78, 5) is 15.0. The van der Waals surface area contributed by atoms with E-state index in [-0.39, 0.29) is 0 Å². The Morgan fingerprint density at radius 3 is 1.77 bits per heavy atom. The number of rotatable bonds is 7. The predicted octanol–water partition coefficient (Wildman–Crippen LogP) is 12.8. The Balaban J connectivity index is 1.20. The van der Waals surface area contributed by atoms with Crippen LogP contribution in [0.2, 0.25) is 0 Å². The molecule has 4 heteroatoms. The van der Waals surface area contributed by atoms with Crippen molar-refractivity contribution < 1.29 is 4.42 Å². The van der Waals surface area contributed by atoms with Crippen molar-refractivity contribution in [3.05, 3.63) is 182 Å². The van der Waals surface area contributed by atoms with E-state index in [0.717, 1.165) is 77.2 Å². The lowest BCUT2D eigenvalue weighted by Crippen LogP contribution is -2.00. The summed E-state index contributed by atoms with van der Waals surface area (Å²) < 4.78 is 6.57. The van der Waals surface area contributed by atoms with E-state index in [4.69, 9.17) is 19.4 Å². The van der Waals surface area contributed by atoms with E-state index in [0.29, 0.717) is 17.5 Å². The van der Waals surface area contributed by atoms with Crippen molar-refractivity contribution >= 4 is 38.8 Å². The minimum absolute atomic E-state index is 0.635. The van der Waals surface area contributed by atoms with E-state index in [1.165, 1.54) is 0 Å². The van der Waals surface area contributed by atoms with Gasteiger partial charge in [-0.3, -0.25) is 0 Å². The molecule has 0 radical (unpaired) electrons. The largest absolute Gasteiger partial charge is 0.456 e. The normalized spacial score (nSPS) is 11.8. The van der Waals surface area contributed by atoms with Gasteiger partial charge in [0.05, 0.1) is 0 Å². The average molecular weight is 668 g/mol. The molecule has 0 aliphatic carbocycles. The molecule has 246 valence electrons. The summed E-state index contributed by atoms with van der Waals surface area (Å²) in [6, 6.07) is 54.4. The van der Waals surface area contributed by atoms with Crippen LogP contribution in [-0.4, -0.2) is 15.0 Å². The van der Waals surface area contributed by atoms with Gasteiger partial charge in [-0.25, -0.2) is 15.0 Å². The second-order valence-corrected chi connectivity index (χ2v) is 12.7. The van der Waals surface area contributed by atoms with Gasteiger partial charge in [0.1, 0.15) is 11.2 Å². The molecule has 52 heavy (non-hydrogen) atoms. The molecule has 0 aliphatic rings. The van der Waals surface area contributed by atoms with Gasteiger partial charge in [0, 0.05) is 27.5 Å². The third-order valence-electron chi connectivity index (χ3n) is 9.50. The van der Waals surface area contributed by atoms with Crippen LogP contribution in [0.5, 0.6) is 0 Å². The first-order valence-electron chi connectivity index (χ1n) is 17.5. The van der Waals surface area contributed by atoms with Gasteiger partial charge in [-0.1, -0.05) is 158 Å². The Hall–Kier alpha value is -6.91. The summed E-state index contributed by atoms with van der Waals surface area (Å²) >= 11 is 0. The molecule has 0 spiro atoms. The molecule has 7 aromatic carbocycles. The first kappa shape index (κ1) is 31.1. The Labute approximate surface area is 302 Å². The summed E-state index contributed by atoms with van der Waals surface area (Å²) in [5.74, 6) is 1.92. The number of hydrogen-bond donors (Lipinski definition) is 0. The molecule has 0 atom stereocenters. The average Bonchev–Trinajstić information content (AvgIpc) is 3.59. The fourth-order valence-corrected chi connectivity index (χ4v) is 7.05. The second-order valence-electron chi connectivity index (χ2n) is 12.7. The van der Waals surface area contributed by atoms with Gasteiger partial charge in [-0.05, 0) is 69.8 Å². The van der Waals surface area contributed by atoms with Crippen molar-refractivity contribution in [1.82, 2.24) is 15.0 Å². The summed E-state index contributed by atoms with van der Waals surface area (Å²) in [6.45, 7) is 2.02. The lowest BCUT2D eigenvalue weighted by Gasteiger charge is -2.13. The topological polar surface area (TPSA) is 51.8 Å². The van der Waals surface area contributed by atoms with Crippen molar-refractivity contribution in [2.75, 3.05) is 0 Å². The maximum absolute atomic E-state index is 6.57. The van der Waals surface area contributed by atoms with Crippen molar-refractivity contribution in [3.8, 4) is 56.4 Å². The molecule has 0 bridgehead atoms. The van der Waals surface area contributed by atoms with Gasteiger partial charge in [-0.2, -0.15) is 0 Å². The van der Waals surface area contributed by atoms with Gasteiger partial charge in [-0.15, -0.1) is 0 Å². The quantitative estimate of drug-likeness (QED) is 0.159. The molecule has 0 saturated heterocycles. The molecule has 0 saturated carbocycles. The predicted molar refractivity (Wildman–Crippen MR) is 216 cm³/mol. The van der Waals surface area contributed by atoms with E-state index in [2.05, 4.69) is 109 Å². The highest BCUT2D eigenvalue weighted by atomic mass is 16.3. The Bertz CT molecular complexity index is 2740. The third kappa shape index (κ3) is 5.66. The molecule has 0 fully saturated rings. The van der Waals surface area contributed by atoms with Crippen LogP contribution in [0.1, 0.15) is 12.5 Å². The highest BCUT2D eigenvalue weighted by Crippen LogP contribution is 2.42. The molecule has 0 amide bonds. The molecule has 0 unspecified atom stereocenters. The minimum Gasteiger partial charge on any atom is -0.456 e. The smallest absolute Gasteiger partial charge is 0.164 e. The zero-order valence-corrected chi connectivity index (χ0v) is 28.6. The maximum Gasteiger partial charge on any atom is 0.164 e. The fourth-order valence-electron chi connectivity index (χ4n) is 7.05. The number of fused-ring (bicyclic) bond motifs is 4. The molecule has 0 N–H and O–H groups in total. The van der Waals surface area contributed by atoms with Gasteiger partial charge in [0.15, 0.2) is 17.5 Å². The SMILES string of the molecule is C/C=C\C=C/c1ccccc1-c1ccc2c(c1)oc1cccc(-c3ccc(-c4nc(-c5ccccc5)nc(-c5ccccc5)n4)c4ccccc34)c12. The molecule has 2 heterocycles. The van der Waals surface area contributed by atoms with E-state index < -0.39 is 0 Å². The van der Waals surface area contributed by atoms with E-state index in [1.807, 2.05) is 79.7 Å². The molecular formula is C48H33N3O. The van der Waals surface area contributed by atoms with Gasteiger partial charge in [0.2, 0.25) is 0 Å². The fraction of sp³-hybridized carbons (Fsp3) is 0.0208. The van der Waals surface area contributed by atoms with E-state index in [9.17, 15) is 0 Å². The molecule has 9 aromatic rings. The second kappa shape index (κ2) is 13.4. The number of allylic oxidation sites excluding steroid dienone is 3. The number of aromatic nitrogens is 3. The summed E-state index contributed by atoms with van der Waals surface area (Å²) in [7, 11) is 0. The summed E-state index contributed by atoms with van der Waals surface area (Å²) in [6.07, 6.45) is 8.30. The van der Waals surface area contributed by atoms with Crippen molar-refractivity contribution in [1.29, 1.82) is 0 Å². The number of nitrogens with zero attached hydrogens (tertiary/aromatic N) is 3. The zero-order chi connectivity index (χ0) is 34.9. The minimum atomic E-state index is 0.635. The summed E-state index contributed by atoms with van der Waals surface area (Å²) in [5.41, 5.74) is 10.2. The molecule has 2 aromatic heterocycles. The highest BCUT2D eigenvalue weighted by Gasteiger charge is 2.19.